The summed E-state index contributed by atoms with van der Waals surface area (Å²) in [6, 6.07) is 10.6. The molecule has 41 heavy (non-hydrogen) atoms. The lowest BCUT2D eigenvalue weighted by Gasteiger charge is -2.26. The summed E-state index contributed by atoms with van der Waals surface area (Å²) >= 11 is 1.08. The highest BCUT2D eigenvalue weighted by atomic mass is 32.1. The van der Waals surface area contributed by atoms with Gasteiger partial charge < -0.3 is 14.8 Å². The van der Waals surface area contributed by atoms with Crippen molar-refractivity contribution in [3.8, 4) is 6.07 Å². The SMILES string of the molecule is Cc1c(CN[C@H]2CC[C@@H](N(C)c3ncnc4sc(CC(F)(F)F)cc34)C2)ccc2c1cc(C#N)n2Cc1cn[nH]c1. The van der Waals surface area contributed by atoms with Crippen LogP contribution in [0.15, 0.2) is 43.0 Å². The fourth-order valence-electron chi connectivity index (χ4n) is 5.90. The molecule has 1 saturated carbocycles. The zero-order valence-electron chi connectivity index (χ0n) is 22.7. The number of nitrogens with zero attached hydrogens (tertiary/aromatic N) is 6. The predicted molar refractivity (Wildman–Crippen MR) is 153 cm³/mol. The molecule has 8 nitrogen and oxygen atoms in total. The van der Waals surface area contributed by atoms with Crippen LogP contribution < -0.4 is 10.2 Å². The molecule has 5 aromatic rings. The Balaban J connectivity index is 1.13. The van der Waals surface area contributed by atoms with E-state index in [1.54, 1.807) is 12.3 Å². The van der Waals surface area contributed by atoms with Crippen molar-refractivity contribution in [2.45, 2.75) is 64.0 Å². The first-order chi connectivity index (χ1) is 19.7. The third-order valence-corrected chi connectivity index (χ3v) is 9.12. The van der Waals surface area contributed by atoms with Gasteiger partial charge >= 0.3 is 6.18 Å². The summed E-state index contributed by atoms with van der Waals surface area (Å²) in [5, 5.41) is 22.1. The van der Waals surface area contributed by atoms with E-state index in [0.29, 0.717) is 40.9 Å². The quantitative estimate of drug-likeness (QED) is 0.240. The molecule has 212 valence electrons. The molecule has 4 heterocycles. The first kappa shape index (κ1) is 27.2. The largest absolute Gasteiger partial charge is 0.393 e. The number of halogens is 3. The molecule has 0 aliphatic heterocycles. The van der Waals surface area contributed by atoms with Crippen LogP contribution in [0.25, 0.3) is 21.1 Å². The molecule has 4 aromatic heterocycles. The van der Waals surface area contributed by atoms with Gasteiger partial charge in [-0.2, -0.15) is 23.5 Å². The molecule has 0 unspecified atom stereocenters. The second kappa shape index (κ2) is 10.8. The molecule has 2 atom stereocenters. The number of aryl methyl sites for hydroxylation is 1. The van der Waals surface area contributed by atoms with E-state index in [2.05, 4.69) is 55.5 Å². The summed E-state index contributed by atoms with van der Waals surface area (Å²) in [4.78, 5) is 11.6. The third kappa shape index (κ3) is 5.52. The van der Waals surface area contributed by atoms with E-state index < -0.39 is 12.6 Å². The highest BCUT2D eigenvalue weighted by Crippen LogP contribution is 2.36. The number of nitrogens with one attached hydrogen (secondary N) is 2. The third-order valence-electron chi connectivity index (χ3n) is 8.08. The van der Waals surface area contributed by atoms with Crippen molar-refractivity contribution in [1.29, 1.82) is 5.26 Å². The molecule has 0 radical (unpaired) electrons. The second-order valence-corrected chi connectivity index (χ2v) is 11.8. The molecule has 0 amide bonds. The van der Waals surface area contributed by atoms with Crippen LogP contribution in [-0.4, -0.2) is 50.0 Å². The monoisotopic (exact) mass is 578 g/mol. The Morgan fingerprint density at radius 1 is 1.22 bits per heavy atom. The highest BCUT2D eigenvalue weighted by Gasteiger charge is 2.31. The van der Waals surface area contributed by atoms with Crippen LogP contribution >= 0.6 is 11.3 Å². The number of aromatic nitrogens is 5. The molecule has 0 bridgehead atoms. The van der Waals surface area contributed by atoms with Crippen molar-refractivity contribution < 1.29 is 13.2 Å². The van der Waals surface area contributed by atoms with Crippen LogP contribution in [0.2, 0.25) is 0 Å². The van der Waals surface area contributed by atoms with Crippen molar-refractivity contribution in [3.63, 3.8) is 0 Å². The summed E-state index contributed by atoms with van der Waals surface area (Å²) in [6.45, 7) is 3.38. The van der Waals surface area contributed by atoms with Crippen LogP contribution in [0.5, 0.6) is 0 Å². The summed E-state index contributed by atoms with van der Waals surface area (Å²) < 4.78 is 40.9. The van der Waals surface area contributed by atoms with Gasteiger partial charge in [-0.1, -0.05) is 6.07 Å². The molecule has 1 fully saturated rings. The van der Waals surface area contributed by atoms with E-state index in [4.69, 9.17) is 0 Å². The Bertz CT molecular complexity index is 1730. The molecule has 1 aromatic carbocycles. The number of hydrogen-bond donors (Lipinski definition) is 2. The van der Waals surface area contributed by atoms with Crippen molar-refractivity contribution >= 4 is 38.3 Å². The molecule has 1 aliphatic rings. The van der Waals surface area contributed by atoms with Gasteiger partial charge in [0.15, 0.2) is 0 Å². The topological polar surface area (TPSA) is 98.5 Å². The first-order valence-electron chi connectivity index (χ1n) is 13.5. The van der Waals surface area contributed by atoms with Crippen molar-refractivity contribution in [1.82, 2.24) is 30.0 Å². The maximum atomic E-state index is 13.0. The zero-order chi connectivity index (χ0) is 28.7. The van der Waals surface area contributed by atoms with Gasteiger partial charge in [0.05, 0.1) is 24.5 Å². The van der Waals surface area contributed by atoms with Gasteiger partial charge in [-0.3, -0.25) is 5.10 Å². The average molecular weight is 579 g/mol. The number of hydrogen-bond acceptors (Lipinski definition) is 7. The van der Waals surface area contributed by atoms with Gasteiger partial charge in [-0.05, 0) is 55.5 Å². The summed E-state index contributed by atoms with van der Waals surface area (Å²) in [5.41, 5.74) is 4.99. The van der Waals surface area contributed by atoms with Crippen LogP contribution in [0.4, 0.5) is 19.0 Å². The first-order valence-corrected chi connectivity index (χ1v) is 14.3. The fraction of sp³-hybridized carbons (Fsp3) is 0.379. The Labute approximate surface area is 238 Å². The minimum atomic E-state index is -4.25. The lowest BCUT2D eigenvalue weighted by atomic mass is 10.0. The molecule has 1 aliphatic carbocycles. The van der Waals surface area contributed by atoms with E-state index >= 15 is 0 Å². The van der Waals surface area contributed by atoms with Crippen LogP contribution in [-0.2, 0) is 19.5 Å². The molecular formula is C29H29F3N8S. The van der Waals surface area contributed by atoms with Gasteiger partial charge in [-0.15, -0.1) is 11.3 Å². The van der Waals surface area contributed by atoms with Gasteiger partial charge in [0.2, 0.25) is 0 Å². The number of nitriles is 1. The predicted octanol–water partition coefficient (Wildman–Crippen LogP) is 5.85. The number of thiophene rings is 1. The Morgan fingerprint density at radius 3 is 2.83 bits per heavy atom. The summed E-state index contributed by atoms with van der Waals surface area (Å²) in [7, 11) is 1.97. The highest BCUT2D eigenvalue weighted by molar-refractivity contribution is 7.18. The van der Waals surface area contributed by atoms with E-state index in [1.807, 2.05) is 23.9 Å². The Kier molecular flexibility index (Phi) is 7.17. The Hall–Kier alpha value is -3.95. The van der Waals surface area contributed by atoms with E-state index in [9.17, 15) is 18.4 Å². The number of rotatable bonds is 8. The van der Waals surface area contributed by atoms with Crippen molar-refractivity contribution in [3.05, 3.63) is 70.2 Å². The van der Waals surface area contributed by atoms with E-state index in [1.165, 1.54) is 11.9 Å². The molecule has 2 N–H and O–H groups in total. The minimum Gasteiger partial charge on any atom is -0.356 e. The van der Waals surface area contributed by atoms with E-state index in [-0.39, 0.29) is 10.9 Å². The molecule has 0 spiro atoms. The van der Waals surface area contributed by atoms with Gasteiger partial charge in [0, 0.05) is 53.2 Å². The number of benzene rings is 1. The second-order valence-electron chi connectivity index (χ2n) is 10.7. The van der Waals surface area contributed by atoms with E-state index in [0.717, 1.165) is 52.6 Å². The lowest BCUT2D eigenvalue weighted by molar-refractivity contribution is -0.126. The standard InChI is InChI=1S/C29H29F3N8S/c1-17-19(3-6-26-24(17)8-22(11-33)40(26)15-18-12-37-38-13-18)14-34-20-4-5-21(7-20)39(2)27-25-9-23(10-29(30,31)32)41-28(25)36-16-35-27/h3,6,8-9,12-13,16,20-21,34H,4-5,7,10,14-15H2,1-2H3,(H,37,38)/t20-,21+/m0/s1. The summed E-state index contributed by atoms with van der Waals surface area (Å²) in [5.74, 6) is 0.680. The normalized spacial score (nSPS) is 17.5. The lowest BCUT2D eigenvalue weighted by Crippen LogP contribution is -2.33. The average Bonchev–Trinajstić information content (AvgIpc) is 3.73. The molecule has 6 rings (SSSR count). The van der Waals surface area contributed by atoms with Crippen LogP contribution in [0, 0.1) is 18.3 Å². The van der Waals surface area contributed by atoms with Crippen LogP contribution in [0.1, 0.15) is 46.5 Å². The van der Waals surface area contributed by atoms with Gasteiger partial charge in [0.1, 0.15) is 28.7 Å². The molecular weight excluding hydrogens is 549 g/mol. The van der Waals surface area contributed by atoms with Crippen molar-refractivity contribution in [2.75, 3.05) is 11.9 Å². The van der Waals surface area contributed by atoms with Crippen LogP contribution in [0.3, 0.4) is 0 Å². The smallest absolute Gasteiger partial charge is 0.356 e. The number of anilines is 1. The summed E-state index contributed by atoms with van der Waals surface area (Å²) in [6.07, 6.45) is 2.69. The molecule has 0 saturated heterocycles. The van der Waals surface area contributed by atoms with Crippen molar-refractivity contribution in [2.24, 2.45) is 0 Å². The maximum absolute atomic E-state index is 13.0. The van der Waals surface area contributed by atoms with Gasteiger partial charge in [0.25, 0.3) is 0 Å². The number of aromatic amines is 1. The fourth-order valence-corrected chi connectivity index (χ4v) is 6.92. The number of H-pyrrole nitrogens is 1. The zero-order valence-corrected chi connectivity index (χ0v) is 23.5. The number of alkyl halides is 3. The number of fused-ring (bicyclic) bond motifs is 2. The minimum absolute atomic E-state index is 0.218. The maximum Gasteiger partial charge on any atom is 0.393 e. The van der Waals surface area contributed by atoms with Gasteiger partial charge in [-0.25, -0.2) is 9.97 Å². The Morgan fingerprint density at radius 2 is 2.07 bits per heavy atom. The molecule has 12 heteroatoms.